The van der Waals surface area contributed by atoms with Crippen molar-refractivity contribution in [3.05, 3.63) is 141 Å². The summed E-state index contributed by atoms with van der Waals surface area (Å²) >= 11 is 2.63. The number of anilines is 2. The number of hydrogen-bond donors (Lipinski definition) is 4. The lowest BCUT2D eigenvalue weighted by Crippen LogP contribution is -2.36. The lowest BCUT2D eigenvalue weighted by Gasteiger charge is -2.19. The second kappa shape index (κ2) is 16.8. The van der Waals surface area contributed by atoms with Gasteiger partial charge in [-0.1, -0.05) is 70.7 Å². The summed E-state index contributed by atoms with van der Waals surface area (Å²) in [5.41, 5.74) is 9.94. The predicted octanol–water partition coefficient (Wildman–Crippen LogP) is 9.36. The molecule has 6 aromatic rings. The first-order valence-electron chi connectivity index (χ1n) is 18.1. The van der Waals surface area contributed by atoms with Crippen LogP contribution in [0, 0.1) is 35.6 Å². The number of benzene rings is 4. The van der Waals surface area contributed by atoms with Crippen molar-refractivity contribution in [3.63, 3.8) is 0 Å². The molecule has 8 rings (SSSR count). The molecule has 4 N–H and O–H groups in total. The fraction of sp³-hybridized carbons (Fsp3) is 0.214. The molecule has 2 amide bonds. The lowest BCUT2D eigenvalue weighted by molar-refractivity contribution is 0.101. The predicted molar refractivity (Wildman–Crippen MR) is 216 cm³/mol. The van der Waals surface area contributed by atoms with E-state index in [2.05, 4.69) is 44.2 Å². The Morgan fingerprint density at radius 3 is 1.72 bits per heavy atom. The molecule has 0 saturated heterocycles. The molecule has 0 atom stereocenters. The van der Waals surface area contributed by atoms with E-state index in [0.29, 0.717) is 16.1 Å². The van der Waals surface area contributed by atoms with Crippen LogP contribution in [0.3, 0.4) is 0 Å². The fourth-order valence-corrected chi connectivity index (χ4v) is 8.93. The number of nitrogens with one attached hydrogen (secondary N) is 4. The number of aryl methyl sites for hydroxylation is 5. The van der Waals surface area contributed by atoms with Crippen LogP contribution in [0.25, 0.3) is 20.9 Å². The van der Waals surface area contributed by atoms with Gasteiger partial charge in [-0.05, 0) is 98.0 Å². The Morgan fingerprint density at radius 2 is 1.19 bits per heavy atom. The molecule has 292 valence electrons. The van der Waals surface area contributed by atoms with E-state index in [1.807, 2.05) is 25.1 Å². The number of thiazole rings is 2. The third-order valence-corrected chi connectivity index (χ3v) is 11.8. The molecule has 0 aliphatic heterocycles. The molecule has 57 heavy (non-hydrogen) atoms. The fourth-order valence-electron chi connectivity index (χ4n) is 6.81. The topological polar surface area (TPSA) is 123 Å². The van der Waals surface area contributed by atoms with Crippen molar-refractivity contribution < 1.29 is 27.2 Å². The van der Waals surface area contributed by atoms with Crippen molar-refractivity contribution in [1.82, 2.24) is 20.4 Å². The van der Waals surface area contributed by atoms with Crippen LogP contribution in [0.2, 0.25) is 0 Å². The van der Waals surface area contributed by atoms with Gasteiger partial charge in [-0.2, -0.15) is 0 Å². The van der Waals surface area contributed by atoms with Crippen molar-refractivity contribution in [2.24, 2.45) is 0 Å². The molecule has 0 bridgehead atoms. The Balaban J connectivity index is 0.000000177. The SMILES string of the molecule is CNN(C)C(=N)c1ccc2c(c1)CCCc1nc(NC(=O)c3c(F)cccc3F)sc1-2.Cc1ccc2c(c1)-c1sc(NC(=O)c3c(F)cccc3F)nc1CCC2. The van der Waals surface area contributed by atoms with Gasteiger partial charge in [-0.15, -0.1) is 0 Å². The van der Waals surface area contributed by atoms with Gasteiger partial charge in [-0.25, -0.2) is 33.0 Å². The number of hydrogen-bond acceptors (Lipinski definition) is 8. The highest BCUT2D eigenvalue weighted by Crippen LogP contribution is 2.41. The van der Waals surface area contributed by atoms with Crippen LogP contribution in [-0.4, -0.2) is 46.7 Å². The normalized spacial score (nSPS) is 12.7. The van der Waals surface area contributed by atoms with Gasteiger partial charge in [0.05, 0.1) is 21.1 Å². The summed E-state index contributed by atoms with van der Waals surface area (Å²) in [5.74, 6) is -4.93. The van der Waals surface area contributed by atoms with Gasteiger partial charge in [-0.3, -0.25) is 30.6 Å². The number of amides is 2. The highest BCUT2D eigenvalue weighted by Gasteiger charge is 2.25. The molecule has 0 fully saturated rings. The number of carbonyl (C=O) groups is 2. The van der Waals surface area contributed by atoms with Crippen molar-refractivity contribution >= 4 is 50.6 Å². The Kier molecular flexibility index (Phi) is 11.6. The second-order valence-electron chi connectivity index (χ2n) is 13.6. The maximum absolute atomic E-state index is 13.9. The first-order chi connectivity index (χ1) is 27.4. The summed E-state index contributed by atoms with van der Waals surface area (Å²) in [6.07, 6.45) is 5.22. The largest absolute Gasteiger partial charge is 0.298 e. The third kappa shape index (κ3) is 8.36. The summed E-state index contributed by atoms with van der Waals surface area (Å²) in [7, 11) is 3.53. The maximum Gasteiger partial charge on any atom is 0.263 e. The van der Waals surface area contributed by atoms with Crippen LogP contribution in [0.4, 0.5) is 27.8 Å². The summed E-state index contributed by atoms with van der Waals surface area (Å²) in [6, 6.07) is 18.9. The zero-order valence-corrected chi connectivity index (χ0v) is 32.8. The van der Waals surface area contributed by atoms with E-state index < -0.39 is 46.2 Å². The molecule has 2 aliphatic rings. The first-order valence-corrected chi connectivity index (χ1v) is 19.8. The molecule has 15 heteroatoms. The number of carbonyl (C=O) groups excluding carboxylic acids is 2. The number of aromatic nitrogens is 2. The minimum atomic E-state index is -0.914. The molecule has 0 unspecified atom stereocenters. The molecule has 0 spiro atoms. The standard InChI is InChI=1S/C22H21F2N5OS.C20H16F2N2OS/c1-26-29(2)20(25)13-9-10-14-12(11-13)5-3-8-17-19(14)31-22(27-17)28-21(30)18-15(23)6-4-7-16(18)24;1-11-8-9-12-4-2-7-16-18(13(12)10-11)26-20(23-16)24-19(25)17-14(21)5-3-6-15(17)22/h4,6-7,9-11,25-26H,3,5,8H2,1-2H3,(H,27,28,30);3,5-6,8-10H,2,4,7H2,1H3,(H,23,24,25). The lowest BCUT2D eigenvalue weighted by atomic mass is 10.0. The van der Waals surface area contributed by atoms with Crippen molar-refractivity contribution in [3.8, 4) is 20.9 Å². The molecule has 4 aromatic carbocycles. The minimum absolute atomic E-state index is 0.303. The van der Waals surface area contributed by atoms with E-state index in [0.717, 1.165) is 112 Å². The summed E-state index contributed by atoms with van der Waals surface area (Å²) < 4.78 is 55.5. The summed E-state index contributed by atoms with van der Waals surface area (Å²) in [4.78, 5) is 35.7. The van der Waals surface area contributed by atoms with Gasteiger partial charge in [0.15, 0.2) is 10.3 Å². The quantitative estimate of drug-likeness (QED) is 0.0576. The maximum atomic E-state index is 13.9. The van der Waals surface area contributed by atoms with Gasteiger partial charge in [0, 0.05) is 19.7 Å². The van der Waals surface area contributed by atoms with Crippen LogP contribution < -0.4 is 16.1 Å². The number of halogens is 4. The van der Waals surface area contributed by atoms with Crippen LogP contribution >= 0.6 is 22.7 Å². The van der Waals surface area contributed by atoms with Crippen molar-refractivity contribution in [2.45, 2.75) is 45.4 Å². The number of amidine groups is 1. The zero-order valence-electron chi connectivity index (χ0n) is 31.2. The Labute approximate surface area is 334 Å². The first kappa shape index (κ1) is 39.5. The molecule has 0 saturated carbocycles. The highest BCUT2D eigenvalue weighted by molar-refractivity contribution is 7.19. The van der Waals surface area contributed by atoms with Gasteiger partial charge in [0.2, 0.25) is 0 Å². The monoisotopic (exact) mass is 811 g/mol. The second-order valence-corrected chi connectivity index (χ2v) is 15.6. The number of rotatable bonds is 6. The van der Waals surface area contributed by atoms with E-state index >= 15 is 0 Å². The smallest absolute Gasteiger partial charge is 0.263 e. The molecule has 2 aliphatic carbocycles. The average molecular weight is 812 g/mol. The molecule has 2 heterocycles. The summed E-state index contributed by atoms with van der Waals surface area (Å²) in [6.45, 7) is 2.04. The molecular formula is C42H37F4N7O2S2. The Hall–Kier alpha value is -5.77. The third-order valence-electron chi connectivity index (χ3n) is 9.74. The highest BCUT2D eigenvalue weighted by atomic mass is 32.1. The van der Waals surface area contributed by atoms with Crippen LogP contribution in [-0.2, 0) is 25.7 Å². The van der Waals surface area contributed by atoms with E-state index in [1.165, 1.54) is 40.4 Å². The molecule has 9 nitrogen and oxygen atoms in total. The number of hydrazine groups is 1. The molecule has 0 radical (unpaired) electrons. The van der Waals surface area contributed by atoms with E-state index in [9.17, 15) is 27.2 Å². The molecular weight excluding hydrogens is 775 g/mol. The van der Waals surface area contributed by atoms with Crippen LogP contribution in [0.1, 0.15) is 67.2 Å². The minimum Gasteiger partial charge on any atom is -0.298 e. The average Bonchev–Trinajstić information content (AvgIpc) is 3.67. The zero-order chi connectivity index (χ0) is 40.4. The van der Waals surface area contributed by atoms with Crippen LogP contribution in [0.15, 0.2) is 72.8 Å². The van der Waals surface area contributed by atoms with E-state index in [1.54, 1.807) is 19.1 Å². The van der Waals surface area contributed by atoms with Gasteiger partial charge in [0.25, 0.3) is 11.8 Å². The van der Waals surface area contributed by atoms with Crippen LogP contribution in [0.5, 0.6) is 0 Å². The van der Waals surface area contributed by atoms with Crippen molar-refractivity contribution in [1.29, 1.82) is 5.41 Å². The van der Waals surface area contributed by atoms with Gasteiger partial charge in [0.1, 0.15) is 40.2 Å². The molecule has 2 aromatic heterocycles. The van der Waals surface area contributed by atoms with Gasteiger partial charge >= 0.3 is 0 Å². The Morgan fingerprint density at radius 1 is 0.684 bits per heavy atom. The Bertz CT molecular complexity index is 2500. The number of fused-ring (bicyclic) bond motifs is 6. The van der Waals surface area contributed by atoms with Gasteiger partial charge < -0.3 is 0 Å². The van der Waals surface area contributed by atoms with E-state index in [-0.39, 0.29) is 0 Å². The van der Waals surface area contributed by atoms with Crippen molar-refractivity contribution in [2.75, 3.05) is 24.7 Å². The van der Waals surface area contributed by atoms with E-state index in [4.69, 9.17) is 5.41 Å². The summed E-state index contributed by atoms with van der Waals surface area (Å²) in [5, 5.41) is 15.7. The number of nitrogens with zero attached hydrogens (tertiary/aromatic N) is 3.